The zero-order chi connectivity index (χ0) is 15.4. The molecule has 0 aliphatic rings. The molecule has 6 nitrogen and oxygen atoms in total. The van der Waals surface area contributed by atoms with Crippen LogP contribution in [0.15, 0.2) is 30.5 Å². The first-order valence-electron chi connectivity index (χ1n) is 6.72. The van der Waals surface area contributed by atoms with Gasteiger partial charge in [-0.05, 0) is 18.6 Å². The number of hydrogen-bond donors (Lipinski definition) is 4. The fourth-order valence-corrected chi connectivity index (χ4v) is 2.24. The third-order valence-electron chi connectivity index (χ3n) is 3.21. The van der Waals surface area contributed by atoms with E-state index in [1.807, 2.05) is 24.3 Å². The Bertz CT molecular complexity index is 648. The number of aliphatic hydroxyl groups is 1. The molecule has 0 spiro atoms. The van der Waals surface area contributed by atoms with Crippen molar-refractivity contribution < 1.29 is 19.8 Å². The summed E-state index contributed by atoms with van der Waals surface area (Å²) in [7, 11) is 0. The highest BCUT2D eigenvalue weighted by Gasteiger charge is 2.22. The van der Waals surface area contributed by atoms with E-state index in [9.17, 15) is 14.7 Å². The Morgan fingerprint density at radius 2 is 2.05 bits per heavy atom. The van der Waals surface area contributed by atoms with Crippen molar-refractivity contribution in [2.75, 3.05) is 0 Å². The van der Waals surface area contributed by atoms with Gasteiger partial charge in [0, 0.05) is 23.5 Å². The van der Waals surface area contributed by atoms with E-state index >= 15 is 0 Å². The Balaban J connectivity index is 2.13. The second-order valence-corrected chi connectivity index (χ2v) is 5.08. The highest BCUT2D eigenvalue weighted by atomic mass is 16.4. The topological polar surface area (TPSA) is 102 Å². The van der Waals surface area contributed by atoms with Crippen LogP contribution in [0.5, 0.6) is 0 Å². The largest absolute Gasteiger partial charge is 0.480 e. The van der Waals surface area contributed by atoms with Crippen LogP contribution < -0.4 is 5.32 Å². The molecule has 2 rings (SSSR count). The van der Waals surface area contributed by atoms with Crippen molar-refractivity contribution in [2.24, 2.45) is 0 Å². The monoisotopic (exact) mass is 290 g/mol. The first kappa shape index (κ1) is 15.1. The van der Waals surface area contributed by atoms with Crippen molar-refractivity contribution in [3.05, 3.63) is 36.0 Å². The Hall–Kier alpha value is -2.34. The molecule has 0 radical (unpaired) electrons. The van der Waals surface area contributed by atoms with E-state index in [-0.39, 0.29) is 12.8 Å². The number of para-hydroxylation sites is 1. The first-order chi connectivity index (χ1) is 9.97. The molecule has 1 amide bonds. The number of fused-ring (bicyclic) bond motifs is 1. The summed E-state index contributed by atoms with van der Waals surface area (Å²) in [5.41, 5.74) is 1.75. The van der Waals surface area contributed by atoms with Crippen LogP contribution in [-0.4, -0.2) is 39.2 Å². The van der Waals surface area contributed by atoms with Crippen LogP contribution in [0.4, 0.5) is 0 Å². The summed E-state index contributed by atoms with van der Waals surface area (Å²) in [6.07, 6.45) is 1.02. The van der Waals surface area contributed by atoms with E-state index < -0.39 is 24.0 Å². The van der Waals surface area contributed by atoms with Gasteiger partial charge < -0.3 is 20.5 Å². The number of carbonyl (C=O) groups excluding carboxylic acids is 1. The van der Waals surface area contributed by atoms with Crippen molar-refractivity contribution >= 4 is 22.8 Å². The number of rotatable bonds is 6. The molecule has 2 aromatic rings. The third-order valence-corrected chi connectivity index (χ3v) is 3.21. The molecular weight excluding hydrogens is 272 g/mol. The van der Waals surface area contributed by atoms with Gasteiger partial charge in [-0.3, -0.25) is 4.79 Å². The summed E-state index contributed by atoms with van der Waals surface area (Å²) in [5, 5.41) is 21.8. The minimum atomic E-state index is -1.10. The van der Waals surface area contributed by atoms with E-state index in [4.69, 9.17) is 5.11 Å². The molecule has 0 saturated heterocycles. The lowest BCUT2D eigenvalue weighted by atomic mass is 10.0. The van der Waals surface area contributed by atoms with Crippen LogP contribution in [0, 0.1) is 0 Å². The average molecular weight is 290 g/mol. The molecule has 0 aliphatic carbocycles. The molecule has 6 heteroatoms. The second kappa shape index (κ2) is 6.41. The summed E-state index contributed by atoms with van der Waals surface area (Å²) in [5.74, 6) is -1.57. The molecule has 0 aliphatic heterocycles. The number of carboxylic acids is 1. The van der Waals surface area contributed by atoms with Gasteiger partial charge in [-0.1, -0.05) is 18.2 Å². The third kappa shape index (κ3) is 3.82. The van der Waals surface area contributed by atoms with Gasteiger partial charge in [0.05, 0.1) is 12.5 Å². The number of aliphatic hydroxyl groups excluding tert-OH is 1. The van der Waals surface area contributed by atoms with Crippen molar-refractivity contribution in [1.29, 1.82) is 0 Å². The van der Waals surface area contributed by atoms with E-state index in [0.717, 1.165) is 16.5 Å². The molecule has 0 saturated carbocycles. The number of H-pyrrole nitrogens is 1. The van der Waals surface area contributed by atoms with Gasteiger partial charge in [0.2, 0.25) is 5.91 Å². The maximum Gasteiger partial charge on any atom is 0.326 e. The number of benzene rings is 1. The molecule has 0 fully saturated rings. The summed E-state index contributed by atoms with van der Waals surface area (Å²) >= 11 is 0. The second-order valence-electron chi connectivity index (χ2n) is 5.08. The van der Waals surface area contributed by atoms with Crippen LogP contribution >= 0.6 is 0 Å². The van der Waals surface area contributed by atoms with Crippen LogP contribution in [0.25, 0.3) is 10.9 Å². The first-order valence-corrected chi connectivity index (χ1v) is 6.72. The molecule has 4 N–H and O–H groups in total. The number of hydrogen-bond acceptors (Lipinski definition) is 3. The molecular formula is C15H18N2O4. The number of aromatic nitrogens is 1. The maximum atomic E-state index is 11.6. The minimum absolute atomic E-state index is 0.113. The molecule has 1 heterocycles. The van der Waals surface area contributed by atoms with Gasteiger partial charge in [-0.25, -0.2) is 4.79 Å². The van der Waals surface area contributed by atoms with Crippen LogP contribution in [0.1, 0.15) is 18.9 Å². The van der Waals surface area contributed by atoms with Crippen LogP contribution in [0.2, 0.25) is 0 Å². The van der Waals surface area contributed by atoms with Crippen molar-refractivity contribution in [2.45, 2.75) is 31.9 Å². The highest BCUT2D eigenvalue weighted by Crippen LogP contribution is 2.19. The predicted octanol–water partition coefficient (Wildman–Crippen LogP) is 1.05. The molecule has 1 unspecified atom stereocenters. The van der Waals surface area contributed by atoms with E-state index in [0.29, 0.717) is 0 Å². The molecule has 0 bridgehead atoms. The number of carbonyl (C=O) groups is 2. The SMILES string of the molecule is CC(O)CC(=O)N[C@@H](Cc1c[nH]c2ccccc12)C(=O)O. The standard InChI is InChI=1S/C15H18N2O4/c1-9(18)6-14(19)17-13(15(20)21)7-10-8-16-12-5-3-2-4-11(10)12/h2-5,8-9,13,16,18H,6-7H2,1H3,(H,17,19)(H,20,21)/t9?,13-/m0/s1. The molecule has 2 atom stereocenters. The van der Waals surface area contributed by atoms with Crippen molar-refractivity contribution in [3.63, 3.8) is 0 Å². The fourth-order valence-electron chi connectivity index (χ4n) is 2.24. The average Bonchev–Trinajstić information content (AvgIpc) is 2.80. The molecule has 1 aromatic carbocycles. The van der Waals surface area contributed by atoms with Gasteiger partial charge in [-0.2, -0.15) is 0 Å². The zero-order valence-corrected chi connectivity index (χ0v) is 11.7. The van der Waals surface area contributed by atoms with Crippen LogP contribution in [0.3, 0.4) is 0 Å². The molecule has 1 aromatic heterocycles. The van der Waals surface area contributed by atoms with E-state index in [1.54, 1.807) is 6.20 Å². The minimum Gasteiger partial charge on any atom is -0.480 e. The van der Waals surface area contributed by atoms with Gasteiger partial charge >= 0.3 is 5.97 Å². The molecule has 112 valence electrons. The fraction of sp³-hybridized carbons (Fsp3) is 0.333. The normalized spacial score (nSPS) is 13.8. The zero-order valence-electron chi connectivity index (χ0n) is 11.7. The predicted molar refractivity (Wildman–Crippen MR) is 77.9 cm³/mol. The summed E-state index contributed by atoms with van der Waals surface area (Å²) in [6, 6.07) is 6.55. The van der Waals surface area contributed by atoms with Gasteiger partial charge in [0.1, 0.15) is 6.04 Å². The lowest BCUT2D eigenvalue weighted by Crippen LogP contribution is -2.43. The number of nitrogens with one attached hydrogen (secondary N) is 2. The van der Waals surface area contributed by atoms with Gasteiger partial charge in [0.25, 0.3) is 0 Å². The number of amides is 1. The van der Waals surface area contributed by atoms with Crippen molar-refractivity contribution in [3.8, 4) is 0 Å². The number of aliphatic carboxylic acids is 1. The Morgan fingerprint density at radius 3 is 2.71 bits per heavy atom. The Kier molecular flexibility index (Phi) is 4.59. The number of aromatic amines is 1. The van der Waals surface area contributed by atoms with Gasteiger partial charge in [0.15, 0.2) is 0 Å². The van der Waals surface area contributed by atoms with Crippen molar-refractivity contribution in [1.82, 2.24) is 10.3 Å². The quantitative estimate of drug-likeness (QED) is 0.638. The van der Waals surface area contributed by atoms with E-state index in [2.05, 4.69) is 10.3 Å². The molecule has 21 heavy (non-hydrogen) atoms. The summed E-state index contributed by atoms with van der Waals surface area (Å²) < 4.78 is 0. The summed E-state index contributed by atoms with van der Waals surface area (Å²) in [6.45, 7) is 1.48. The highest BCUT2D eigenvalue weighted by molar-refractivity contribution is 5.86. The Labute approximate surface area is 121 Å². The summed E-state index contributed by atoms with van der Waals surface area (Å²) in [4.78, 5) is 26.0. The van der Waals surface area contributed by atoms with E-state index in [1.165, 1.54) is 6.92 Å². The smallest absolute Gasteiger partial charge is 0.326 e. The van der Waals surface area contributed by atoms with Gasteiger partial charge in [-0.15, -0.1) is 0 Å². The lowest BCUT2D eigenvalue weighted by Gasteiger charge is -2.15. The lowest BCUT2D eigenvalue weighted by molar-refractivity contribution is -0.142. The van der Waals surface area contributed by atoms with Crippen LogP contribution in [-0.2, 0) is 16.0 Å². The maximum absolute atomic E-state index is 11.6. The Morgan fingerprint density at radius 1 is 1.33 bits per heavy atom. The number of carboxylic acid groups (broad SMARTS) is 1.